The third-order valence-corrected chi connectivity index (χ3v) is 7.68. The van der Waals surface area contributed by atoms with E-state index < -0.39 is 21.9 Å². The van der Waals surface area contributed by atoms with Crippen molar-refractivity contribution in [2.75, 3.05) is 29.4 Å². The van der Waals surface area contributed by atoms with Gasteiger partial charge in [-0.3, -0.25) is 19.2 Å². The minimum Gasteiger partial charge on any atom is -0.489 e. The van der Waals surface area contributed by atoms with Crippen molar-refractivity contribution in [2.24, 2.45) is 0 Å². The van der Waals surface area contributed by atoms with Crippen LogP contribution in [0.2, 0.25) is 5.02 Å². The van der Waals surface area contributed by atoms with Crippen LogP contribution in [0.5, 0.6) is 5.75 Å². The number of nitrogens with one attached hydrogen (secondary N) is 1. The monoisotopic (exact) mass is 521 g/mol. The summed E-state index contributed by atoms with van der Waals surface area (Å²) in [4.78, 5) is 28.7. The summed E-state index contributed by atoms with van der Waals surface area (Å²) < 4.78 is 38.3. The molecule has 0 fully saturated rings. The molecule has 0 atom stereocenters. The number of ether oxygens (including phenoxy) is 2. The van der Waals surface area contributed by atoms with Crippen molar-refractivity contribution >= 4 is 55.7 Å². The molecular formula is C22H20ClN3O6S2. The molecule has 0 saturated carbocycles. The van der Waals surface area contributed by atoms with Crippen LogP contribution in [0, 0.1) is 0 Å². The molecule has 1 aromatic heterocycles. The quantitative estimate of drug-likeness (QED) is 0.471. The Hall–Kier alpha value is -3.15. The van der Waals surface area contributed by atoms with Gasteiger partial charge in [0.15, 0.2) is 5.13 Å². The number of halogens is 1. The molecule has 0 saturated heterocycles. The molecule has 0 spiro atoms. The Bertz CT molecular complexity index is 1340. The topological polar surface area (TPSA) is 115 Å². The minimum atomic E-state index is -3.93. The van der Waals surface area contributed by atoms with E-state index >= 15 is 0 Å². The lowest BCUT2D eigenvalue weighted by Gasteiger charge is -2.30. The number of aromatic nitrogens is 1. The van der Waals surface area contributed by atoms with Crippen LogP contribution in [-0.2, 0) is 26.0 Å². The number of sulfonamides is 1. The van der Waals surface area contributed by atoms with Gasteiger partial charge in [0.2, 0.25) is 0 Å². The number of anilines is 2. The lowest BCUT2D eigenvalue weighted by atomic mass is 10.1. The molecule has 4 rings (SSSR count). The first-order valence-electron chi connectivity index (χ1n) is 10.2. The van der Waals surface area contributed by atoms with Crippen LogP contribution in [-0.4, -0.2) is 45.0 Å². The third kappa shape index (κ3) is 5.16. The average Bonchev–Trinajstić information content (AvgIpc) is 3.24. The molecule has 178 valence electrons. The lowest BCUT2D eigenvalue weighted by Crippen LogP contribution is -2.38. The van der Waals surface area contributed by atoms with Crippen LogP contribution in [0.15, 0.2) is 52.7 Å². The number of thiazole rings is 1. The summed E-state index contributed by atoms with van der Waals surface area (Å²) >= 11 is 7.16. The average molecular weight is 522 g/mol. The Kier molecular flexibility index (Phi) is 7.05. The summed E-state index contributed by atoms with van der Waals surface area (Å²) in [5, 5.41) is 4.94. The second kappa shape index (κ2) is 10.00. The Labute approximate surface area is 205 Å². The molecule has 2 aromatic carbocycles. The van der Waals surface area contributed by atoms with E-state index in [1.54, 1.807) is 30.5 Å². The number of nitrogens with zero attached hydrogens (tertiary/aromatic N) is 2. The van der Waals surface area contributed by atoms with Crippen molar-refractivity contribution in [3.8, 4) is 5.75 Å². The molecule has 0 radical (unpaired) electrons. The predicted molar refractivity (Wildman–Crippen MR) is 128 cm³/mol. The van der Waals surface area contributed by atoms with E-state index in [9.17, 15) is 18.0 Å². The maximum Gasteiger partial charge on any atom is 0.311 e. The zero-order valence-electron chi connectivity index (χ0n) is 18.0. The van der Waals surface area contributed by atoms with Gasteiger partial charge in [0.25, 0.3) is 15.9 Å². The van der Waals surface area contributed by atoms with Crippen LogP contribution in [0.25, 0.3) is 0 Å². The highest BCUT2D eigenvalue weighted by atomic mass is 35.5. The molecule has 1 N–H and O–H groups in total. The molecule has 34 heavy (non-hydrogen) atoms. The highest BCUT2D eigenvalue weighted by molar-refractivity contribution is 7.92. The van der Waals surface area contributed by atoms with Gasteiger partial charge in [-0.15, -0.1) is 11.3 Å². The van der Waals surface area contributed by atoms with Gasteiger partial charge in [-0.2, -0.15) is 0 Å². The van der Waals surface area contributed by atoms with E-state index in [-0.39, 0.29) is 42.3 Å². The SMILES string of the molecule is CCOC(=O)Cc1csc(NC(=O)c2ccc3c(c2)N(S(=O)(=O)c2cccc(Cl)c2)CCO3)n1. The van der Waals surface area contributed by atoms with E-state index in [1.165, 1.54) is 39.9 Å². The van der Waals surface area contributed by atoms with Gasteiger partial charge in [-0.25, -0.2) is 13.4 Å². The lowest BCUT2D eigenvalue weighted by molar-refractivity contribution is -0.142. The molecule has 1 aliphatic rings. The Balaban J connectivity index is 1.56. The first-order chi connectivity index (χ1) is 16.3. The van der Waals surface area contributed by atoms with Crippen LogP contribution in [0.1, 0.15) is 23.0 Å². The molecule has 1 aliphatic heterocycles. The largest absolute Gasteiger partial charge is 0.489 e. The maximum atomic E-state index is 13.3. The van der Waals surface area contributed by atoms with E-state index in [2.05, 4.69) is 10.3 Å². The van der Waals surface area contributed by atoms with Crippen LogP contribution < -0.4 is 14.4 Å². The van der Waals surface area contributed by atoms with Gasteiger partial charge in [0, 0.05) is 16.0 Å². The summed E-state index contributed by atoms with van der Waals surface area (Å²) in [5.74, 6) is -0.536. The first kappa shape index (κ1) is 24.0. The number of carbonyl (C=O) groups excluding carboxylic acids is 2. The van der Waals surface area contributed by atoms with Crippen molar-refractivity contribution in [1.82, 2.24) is 4.98 Å². The van der Waals surface area contributed by atoms with Crippen molar-refractivity contribution in [1.29, 1.82) is 0 Å². The molecular weight excluding hydrogens is 502 g/mol. The molecule has 2 heterocycles. The molecule has 9 nitrogen and oxygen atoms in total. The van der Waals surface area contributed by atoms with E-state index in [4.69, 9.17) is 21.1 Å². The van der Waals surface area contributed by atoms with Crippen molar-refractivity contribution < 1.29 is 27.5 Å². The van der Waals surface area contributed by atoms with Gasteiger partial charge < -0.3 is 9.47 Å². The number of esters is 1. The number of fused-ring (bicyclic) bond motifs is 1. The summed E-state index contributed by atoms with van der Waals surface area (Å²) in [6, 6.07) is 10.5. The Morgan fingerprint density at radius 2 is 2.09 bits per heavy atom. The Morgan fingerprint density at radius 3 is 2.85 bits per heavy atom. The van der Waals surface area contributed by atoms with Crippen molar-refractivity contribution in [3.05, 3.63) is 64.1 Å². The van der Waals surface area contributed by atoms with Gasteiger partial charge in [-0.1, -0.05) is 17.7 Å². The summed E-state index contributed by atoms with van der Waals surface area (Å²) in [6.07, 6.45) is 0.00666. The summed E-state index contributed by atoms with van der Waals surface area (Å²) in [5.41, 5.74) is 0.954. The molecule has 0 bridgehead atoms. The minimum absolute atomic E-state index is 0.00666. The highest BCUT2D eigenvalue weighted by Gasteiger charge is 2.31. The van der Waals surface area contributed by atoms with Gasteiger partial charge in [0.1, 0.15) is 12.4 Å². The summed E-state index contributed by atoms with van der Waals surface area (Å²) in [6.45, 7) is 2.24. The number of benzene rings is 2. The fourth-order valence-electron chi connectivity index (χ4n) is 3.31. The number of hydrogen-bond donors (Lipinski definition) is 1. The van der Waals surface area contributed by atoms with E-state index in [0.717, 1.165) is 0 Å². The second-order valence-corrected chi connectivity index (χ2v) is 10.3. The third-order valence-electron chi connectivity index (χ3n) is 4.83. The normalized spacial score (nSPS) is 13.1. The van der Waals surface area contributed by atoms with Gasteiger partial charge in [0.05, 0.1) is 35.8 Å². The molecule has 12 heteroatoms. The molecule has 0 aliphatic carbocycles. The van der Waals surface area contributed by atoms with Gasteiger partial charge >= 0.3 is 5.97 Å². The second-order valence-electron chi connectivity index (χ2n) is 7.15. The predicted octanol–water partition coefficient (Wildman–Crippen LogP) is 3.74. The zero-order chi connectivity index (χ0) is 24.3. The van der Waals surface area contributed by atoms with E-state index in [0.29, 0.717) is 21.6 Å². The Morgan fingerprint density at radius 1 is 1.26 bits per heavy atom. The maximum absolute atomic E-state index is 13.3. The zero-order valence-corrected chi connectivity index (χ0v) is 20.4. The molecule has 3 aromatic rings. The van der Waals surface area contributed by atoms with Crippen LogP contribution in [0.3, 0.4) is 0 Å². The van der Waals surface area contributed by atoms with Crippen LogP contribution in [0.4, 0.5) is 10.8 Å². The first-order valence-corrected chi connectivity index (χ1v) is 12.9. The van der Waals surface area contributed by atoms with Crippen molar-refractivity contribution in [2.45, 2.75) is 18.2 Å². The number of hydrogen-bond acceptors (Lipinski definition) is 8. The number of rotatable bonds is 7. The fraction of sp³-hybridized carbons (Fsp3) is 0.227. The van der Waals surface area contributed by atoms with E-state index in [1.807, 2.05) is 0 Å². The molecule has 1 amide bonds. The number of amides is 1. The van der Waals surface area contributed by atoms with Crippen LogP contribution >= 0.6 is 22.9 Å². The fourth-order valence-corrected chi connectivity index (χ4v) is 5.77. The molecule has 0 unspecified atom stereocenters. The van der Waals surface area contributed by atoms with Crippen molar-refractivity contribution in [3.63, 3.8) is 0 Å². The van der Waals surface area contributed by atoms with Gasteiger partial charge in [-0.05, 0) is 43.3 Å². The standard InChI is InChI=1S/C22H20ClN3O6S2/c1-2-31-20(27)12-16-13-33-22(24-16)25-21(28)14-6-7-19-18(10-14)26(8-9-32-19)34(29,30)17-5-3-4-15(23)11-17/h3-7,10-11,13H,2,8-9,12H2,1H3,(H,24,25,28). The number of carbonyl (C=O) groups is 2. The highest BCUT2D eigenvalue weighted by Crippen LogP contribution is 2.36. The summed E-state index contributed by atoms with van der Waals surface area (Å²) in [7, 11) is -3.93. The smallest absolute Gasteiger partial charge is 0.311 e.